The maximum Gasteiger partial charge on any atom is 0.340 e. The summed E-state index contributed by atoms with van der Waals surface area (Å²) >= 11 is 0. The Bertz CT molecular complexity index is 1030. The van der Waals surface area contributed by atoms with Crippen molar-refractivity contribution in [2.45, 2.75) is 13.8 Å². The van der Waals surface area contributed by atoms with Crippen LogP contribution >= 0.6 is 0 Å². The molecule has 0 atom stereocenters. The van der Waals surface area contributed by atoms with E-state index < -0.39 is 11.9 Å². The van der Waals surface area contributed by atoms with Gasteiger partial charge in [0.15, 0.2) is 0 Å². The number of methoxy groups -OCH3 is 1. The van der Waals surface area contributed by atoms with Crippen molar-refractivity contribution in [3.05, 3.63) is 76.6 Å². The van der Waals surface area contributed by atoms with Gasteiger partial charge in [0.25, 0.3) is 0 Å². The van der Waals surface area contributed by atoms with E-state index in [2.05, 4.69) is 4.74 Å². The van der Waals surface area contributed by atoms with E-state index in [9.17, 15) is 14.4 Å². The number of hydrogen-bond donors (Lipinski definition) is 0. The molecule has 0 N–H and O–H groups in total. The average molecular weight is 365 g/mol. The smallest absolute Gasteiger partial charge is 0.340 e. The second kappa shape index (κ2) is 7.45. The highest BCUT2D eigenvalue weighted by Crippen LogP contribution is 2.26. The van der Waals surface area contributed by atoms with Crippen LogP contribution in [0.3, 0.4) is 0 Å². The average Bonchev–Trinajstić information content (AvgIpc) is 2.99. The molecule has 2 aromatic heterocycles. The van der Waals surface area contributed by atoms with E-state index in [1.54, 1.807) is 54.8 Å². The third-order valence-electron chi connectivity index (χ3n) is 4.35. The SMILES string of the molecule is CCOC(=O)c1c(C)c(C(=O)c2ccc(C(=O)OC)cc2)n2ccccc12. The third-order valence-corrected chi connectivity index (χ3v) is 4.35. The quantitative estimate of drug-likeness (QED) is 0.511. The molecular formula is C21H19NO5. The number of carbonyl (C=O) groups excluding carboxylic acids is 3. The number of aromatic nitrogens is 1. The van der Waals surface area contributed by atoms with E-state index in [1.807, 2.05) is 0 Å². The summed E-state index contributed by atoms with van der Waals surface area (Å²) < 4.78 is 11.5. The maximum absolute atomic E-state index is 13.1. The fraction of sp³-hybridized carbons (Fsp3) is 0.190. The zero-order valence-corrected chi connectivity index (χ0v) is 15.3. The van der Waals surface area contributed by atoms with Crippen molar-refractivity contribution in [3.8, 4) is 0 Å². The summed E-state index contributed by atoms with van der Waals surface area (Å²) in [4.78, 5) is 37.1. The van der Waals surface area contributed by atoms with Crippen molar-refractivity contribution < 1.29 is 23.9 Å². The molecule has 0 unspecified atom stereocenters. The lowest BCUT2D eigenvalue weighted by atomic mass is 10.0. The third kappa shape index (κ3) is 3.21. The van der Waals surface area contributed by atoms with Crippen molar-refractivity contribution in [1.82, 2.24) is 4.40 Å². The van der Waals surface area contributed by atoms with E-state index >= 15 is 0 Å². The lowest BCUT2D eigenvalue weighted by molar-refractivity contribution is 0.0527. The molecule has 1 aromatic carbocycles. The van der Waals surface area contributed by atoms with E-state index in [0.717, 1.165) is 0 Å². The van der Waals surface area contributed by atoms with Gasteiger partial charge in [0.05, 0.1) is 36.1 Å². The fourth-order valence-corrected chi connectivity index (χ4v) is 3.09. The predicted octanol–water partition coefficient (Wildman–Crippen LogP) is 3.44. The molecule has 6 nitrogen and oxygen atoms in total. The summed E-state index contributed by atoms with van der Waals surface area (Å²) in [6.07, 6.45) is 1.74. The van der Waals surface area contributed by atoms with Crippen LogP contribution in [0.25, 0.3) is 5.52 Å². The first kappa shape index (κ1) is 18.4. The highest BCUT2D eigenvalue weighted by Gasteiger charge is 2.25. The normalized spacial score (nSPS) is 10.6. The number of ketones is 1. The van der Waals surface area contributed by atoms with Gasteiger partial charge in [-0.25, -0.2) is 9.59 Å². The molecule has 2 heterocycles. The number of pyridine rings is 1. The predicted molar refractivity (Wildman–Crippen MR) is 99.3 cm³/mol. The molecule has 138 valence electrons. The Morgan fingerprint density at radius 1 is 0.963 bits per heavy atom. The zero-order chi connectivity index (χ0) is 19.6. The number of ether oxygens (including phenoxy) is 2. The lowest BCUT2D eigenvalue weighted by Crippen LogP contribution is -2.09. The Morgan fingerprint density at radius 2 is 1.63 bits per heavy atom. The molecule has 3 rings (SSSR count). The molecule has 0 spiro atoms. The van der Waals surface area contributed by atoms with Crippen molar-refractivity contribution in [2.24, 2.45) is 0 Å². The Balaban J connectivity index is 2.11. The summed E-state index contributed by atoms with van der Waals surface area (Å²) in [6.45, 7) is 3.72. The molecule has 0 fully saturated rings. The molecule has 0 aliphatic rings. The van der Waals surface area contributed by atoms with Gasteiger partial charge in [0.2, 0.25) is 5.78 Å². The van der Waals surface area contributed by atoms with Crippen LogP contribution in [0.2, 0.25) is 0 Å². The molecule has 27 heavy (non-hydrogen) atoms. The standard InChI is InChI=1S/C21H19NO5/c1-4-27-21(25)17-13(2)18(22-12-6-5-7-16(17)22)19(23)14-8-10-15(11-9-14)20(24)26-3/h5-12H,4H2,1-3H3. The molecule has 0 aliphatic heterocycles. The lowest BCUT2D eigenvalue weighted by Gasteiger charge is -2.05. The molecule has 0 amide bonds. The van der Waals surface area contributed by atoms with Crippen LogP contribution in [0.5, 0.6) is 0 Å². The van der Waals surface area contributed by atoms with E-state index in [0.29, 0.717) is 33.5 Å². The Kier molecular flexibility index (Phi) is 5.07. The van der Waals surface area contributed by atoms with Gasteiger partial charge in [0, 0.05) is 11.8 Å². The van der Waals surface area contributed by atoms with Crippen molar-refractivity contribution in [2.75, 3.05) is 13.7 Å². The first-order valence-corrected chi connectivity index (χ1v) is 8.49. The van der Waals surface area contributed by atoms with Gasteiger partial charge in [0.1, 0.15) is 0 Å². The summed E-state index contributed by atoms with van der Waals surface area (Å²) in [6, 6.07) is 11.6. The minimum atomic E-state index is -0.470. The number of rotatable bonds is 5. The number of esters is 2. The van der Waals surface area contributed by atoms with Gasteiger partial charge >= 0.3 is 11.9 Å². The van der Waals surface area contributed by atoms with Gasteiger partial charge in [-0.1, -0.05) is 18.2 Å². The summed E-state index contributed by atoms with van der Waals surface area (Å²) in [5, 5.41) is 0. The van der Waals surface area contributed by atoms with Crippen LogP contribution in [0.4, 0.5) is 0 Å². The fourth-order valence-electron chi connectivity index (χ4n) is 3.09. The van der Waals surface area contributed by atoms with Gasteiger partial charge in [-0.05, 0) is 43.7 Å². The highest BCUT2D eigenvalue weighted by atomic mass is 16.5. The molecule has 0 saturated carbocycles. The maximum atomic E-state index is 13.1. The number of hydrogen-bond acceptors (Lipinski definition) is 5. The van der Waals surface area contributed by atoms with Crippen molar-refractivity contribution in [3.63, 3.8) is 0 Å². The van der Waals surface area contributed by atoms with E-state index in [1.165, 1.54) is 19.2 Å². The molecule has 3 aromatic rings. The van der Waals surface area contributed by atoms with Crippen LogP contribution in [-0.2, 0) is 9.47 Å². The summed E-state index contributed by atoms with van der Waals surface area (Å²) in [7, 11) is 1.30. The summed E-state index contributed by atoms with van der Waals surface area (Å²) in [5.74, 6) is -1.18. The molecular weight excluding hydrogens is 346 g/mol. The second-order valence-electron chi connectivity index (χ2n) is 5.92. The van der Waals surface area contributed by atoms with E-state index in [4.69, 9.17) is 4.74 Å². The largest absolute Gasteiger partial charge is 0.465 e. The number of nitrogens with zero attached hydrogens (tertiary/aromatic N) is 1. The zero-order valence-electron chi connectivity index (χ0n) is 15.3. The Labute approximate surface area is 156 Å². The van der Waals surface area contributed by atoms with Crippen LogP contribution in [0, 0.1) is 6.92 Å². The van der Waals surface area contributed by atoms with Crippen molar-refractivity contribution >= 4 is 23.2 Å². The Hall–Kier alpha value is -3.41. The molecule has 0 radical (unpaired) electrons. The van der Waals surface area contributed by atoms with Gasteiger partial charge < -0.3 is 13.9 Å². The second-order valence-corrected chi connectivity index (χ2v) is 5.92. The van der Waals surface area contributed by atoms with Gasteiger partial charge in [-0.2, -0.15) is 0 Å². The van der Waals surface area contributed by atoms with Crippen LogP contribution < -0.4 is 0 Å². The van der Waals surface area contributed by atoms with Crippen LogP contribution in [-0.4, -0.2) is 35.8 Å². The number of fused-ring (bicyclic) bond motifs is 1. The highest BCUT2D eigenvalue weighted by molar-refractivity contribution is 6.13. The first-order valence-electron chi connectivity index (χ1n) is 8.49. The van der Waals surface area contributed by atoms with E-state index in [-0.39, 0.29) is 12.4 Å². The molecule has 6 heteroatoms. The number of carbonyl (C=O) groups is 3. The number of benzene rings is 1. The minimum absolute atomic E-state index is 0.249. The molecule has 0 bridgehead atoms. The van der Waals surface area contributed by atoms with Gasteiger partial charge in [-0.3, -0.25) is 4.79 Å². The van der Waals surface area contributed by atoms with Gasteiger partial charge in [-0.15, -0.1) is 0 Å². The first-order chi connectivity index (χ1) is 13.0. The topological polar surface area (TPSA) is 74.1 Å². The molecule has 0 aliphatic carbocycles. The summed E-state index contributed by atoms with van der Waals surface area (Å²) in [5.41, 5.74) is 2.71. The minimum Gasteiger partial charge on any atom is -0.465 e. The Morgan fingerprint density at radius 3 is 2.26 bits per heavy atom. The van der Waals surface area contributed by atoms with Crippen molar-refractivity contribution in [1.29, 1.82) is 0 Å². The monoisotopic (exact) mass is 365 g/mol. The van der Waals surface area contributed by atoms with Crippen LogP contribution in [0.1, 0.15) is 49.3 Å². The molecule has 0 saturated heterocycles. The van der Waals surface area contributed by atoms with Crippen LogP contribution in [0.15, 0.2) is 48.7 Å².